The van der Waals surface area contributed by atoms with E-state index < -0.39 is 0 Å². The fourth-order valence-corrected chi connectivity index (χ4v) is 2.91. The van der Waals surface area contributed by atoms with Gasteiger partial charge in [0.1, 0.15) is 6.33 Å². The number of hydrogen-bond donors (Lipinski definition) is 1. The van der Waals surface area contributed by atoms with E-state index in [0.717, 1.165) is 18.5 Å². The highest BCUT2D eigenvalue weighted by atomic mass is 19.1. The second-order valence-corrected chi connectivity index (χ2v) is 5.69. The lowest BCUT2D eigenvalue weighted by Gasteiger charge is -2.18. The normalized spacial score (nSPS) is 20.8. The Kier molecular flexibility index (Phi) is 4.85. The molecule has 124 valence electrons. The lowest BCUT2D eigenvalue weighted by molar-refractivity contribution is 0.0932. The molecular formula is C16H22FN5O. The van der Waals surface area contributed by atoms with Crippen LogP contribution in [0, 0.1) is 11.7 Å². The molecule has 0 spiro atoms. The topological polar surface area (TPSA) is 64.9 Å². The van der Waals surface area contributed by atoms with Crippen molar-refractivity contribution < 1.29 is 9.13 Å². The van der Waals surface area contributed by atoms with Gasteiger partial charge in [0.2, 0.25) is 0 Å². The van der Waals surface area contributed by atoms with E-state index in [-0.39, 0.29) is 23.7 Å². The summed E-state index contributed by atoms with van der Waals surface area (Å²) in [4.78, 5) is 7.96. The van der Waals surface area contributed by atoms with Crippen LogP contribution in [0.25, 0.3) is 0 Å². The highest BCUT2D eigenvalue weighted by molar-refractivity contribution is 5.37. The summed E-state index contributed by atoms with van der Waals surface area (Å²) in [7, 11) is 0. The largest absolute Gasteiger partial charge is 0.373 e. The predicted molar refractivity (Wildman–Crippen MR) is 84.6 cm³/mol. The molecule has 23 heavy (non-hydrogen) atoms. The highest BCUT2D eigenvalue weighted by Crippen LogP contribution is 2.34. The van der Waals surface area contributed by atoms with Crippen molar-refractivity contribution in [2.75, 3.05) is 18.5 Å². The molecule has 1 aliphatic rings. The Labute approximate surface area is 135 Å². The average Bonchev–Trinajstić information content (AvgIpc) is 3.22. The fourth-order valence-electron chi connectivity index (χ4n) is 2.91. The Bertz CT molecular complexity index is 660. The Hall–Kier alpha value is -2.02. The summed E-state index contributed by atoms with van der Waals surface area (Å²) in [5, 5.41) is 7.42. The number of nitrogens with one attached hydrogen (secondary N) is 1. The molecule has 3 heterocycles. The van der Waals surface area contributed by atoms with Gasteiger partial charge in [-0.1, -0.05) is 6.92 Å². The summed E-state index contributed by atoms with van der Waals surface area (Å²) in [6, 6.07) is 0. The van der Waals surface area contributed by atoms with E-state index in [1.54, 1.807) is 0 Å². The number of nitrogens with zero attached hydrogens (tertiary/aromatic N) is 4. The van der Waals surface area contributed by atoms with Crippen molar-refractivity contribution in [3.8, 4) is 0 Å². The Morgan fingerprint density at radius 1 is 1.39 bits per heavy atom. The van der Waals surface area contributed by atoms with Crippen LogP contribution in [0.1, 0.15) is 37.6 Å². The molecule has 1 aliphatic heterocycles. The Balaban J connectivity index is 1.67. The van der Waals surface area contributed by atoms with E-state index in [4.69, 9.17) is 4.74 Å². The van der Waals surface area contributed by atoms with Crippen molar-refractivity contribution in [3.63, 3.8) is 0 Å². The lowest BCUT2D eigenvalue weighted by Crippen LogP contribution is -2.19. The molecule has 3 rings (SSSR count). The van der Waals surface area contributed by atoms with E-state index >= 15 is 0 Å². The highest BCUT2D eigenvalue weighted by Gasteiger charge is 2.30. The van der Waals surface area contributed by atoms with Crippen LogP contribution in [0.4, 0.5) is 10.2 Å². The van der Waals surface area contributed by atoms with Crippen LogP contribution in [0.3, 0.4) is 0 Å². The van der Waals surface area contributed by atoms with E-state index in [1.807, 2.05) is 24.0 Å². The first-order valence-electron chi connectivity index (χ1n) is 8.10. The molecule has 0 radical (unpaired) electrons. The van der Waals surface area contributed by atoms with Crippen LogP contribution in [-0.4, -0.2) is 32.9 Å². The van der Waals surface area contributed by atoms with E-state index in [1.165, 1.54) is 6.33 Å². The molecule has 6 nitrogen and oxygen atoms in total. The molecule has 2 aromatic heterocycles. The van der Waals surface area contributed by atoms with Gasteiger partial charge in [-0.3, -0.25) is 4.68 Å². The van der Waals surface area contributed by atoms with Crippen molar-refractivity contribution in [3.05, 3.63) is 35.8 Å². The number of anilines is 1. The quantitative estimate of drug-likeness (QED) is 0.886. The van der Waals surface area contributed by atoms with Gasteiger partial charge < -0.3 is 10.1 Å². The van der Waals surface area contributed by atoms with Gasteiger partial charge in [-0.25, -0.2) is 14.4 Å². The second-order valence-electron chi connectivity index (χ2n) is 5.69. The van der Waals surface area contributed by atoms with Gasteiger partial charge in [0.25, 0.3) is 0 Å². The number of ether oxygens (including phenoxy) is 1. The number of hydrogen-bond acceptors (Lipinski definition) is 5. The minimum absolute atomic E-state index is 0.00153. The molecule has 0 unspecified atom stereocenters. The van der Waals surface area contributed by atoms with Crippen molar-refractivity contribution >= 4 is 5.82 Å². The van der Waals surface area contributed by atoms with Crippen molar-refractivity contribution in [1.29, 1.82) is 0 Å². The van der Waals surface area contributed by atoms with Gasteiger partial charge in [-0.15, -0.1) is 0 Å². The Morgan fingerprint density at radius 2 is 2.26 bits per heavy atom. The van der Waals surface area contributed by atoms with Gasteiger partial charge in [0.15, 0.2) is 11.6 Å². The van der Waals surface area contributed by atoms with Crippen LogP contribution in [0.5, 0.6) is 0 Å². The second kappa shape index (κ2) is 7.04. The molecule has 0 saturated carbocycles. The molecule has 2 aromatic rings. The van der Waals surface area contributed by atoms with Crippen molar-refractivity contribution in [1.82, 2.24) is 19.7 Å². The van der Waals surface area contributed by atoms with Crippen LogP contribution >= 0.6 is 0 Å². The first-order valence-corrected chi connectivity index (χ1v) is 8.10. The fraction of sp³-hybridized carbons (Fsp3) is 0.562. The lowest BCUT2D eigenvalue weighted by atomic mass is 9.97. The minimum atomic E-state index is -0.357. The third-order valence-electron chi connectivity index (χ3n) is 4.25. The molecule has 0 aromatic carbocycles. The summed E-state index contributed by atoms with van der Waals surface area (Å²) >= 11 is 0. The molecular weight excluding hydrogens is 297 g/mol. The smallest absolute Gasteiger partial charge is 0.186 e. The summed E-state index contributed by atoms with van der Waals surface area (Å²) in [5.74, 6) is 0.181. The zero-order valence-electron chi connectivity index (χ0n) is 13.5. The van der Waals surface area contributed by atoms with Gasteiger partial charge in [-0.05, 0) is 19.8 Å². The molecule has 2 atom stereocenters. The molecule has 1 saturated heterocycles. The first kappa shape index (κ1) is 15.9. The molecule has 1 fully saturated rings. The Morgan fingerprint density at radius 3 is 3.00 bits per heavy atom. The van der Waals surface area contributed by atoms with Crippen molar-refractivity contribution in [2.24, 2.45) is 5.92 Å². The van der Waals surface area contributed by atoms with Gasteiger partial charge >= 0.3 is 0 Å². The van der Waals surface area contributed by atoms with Crippen LogP contribution in [0.2, 0.25) is 0 Å². The third-order valence-corrected chi connectivity index (χ3v) is 4.25. The first-order chi connectivity index (χ1) is 11.2. The standard InChI is InChI=1S/C16H22FN5O/c1-3-13-14(17)16(20-10-19-13)18-7-11-5-6-23-15(11)12-8-21-22(4-2)9-12/h8-11,15H,3-7H2,1-2H3,(H,18,19,20)/t11-,15+/m0/s1. The SMILES string of the molecule is CCc1ncnc(NC[C@@H]2CCO[C@H]2c2cnn(CC)c2)c1F. The van der Waals surface area contributed by atoms with E-state index in [9.17, 15) is 4.39 Å². The van der Waals surface area contributed by atoms with Crippen LogP contribution < -0.4 is 5.32 Å². The number of aromatic nitrogens is 4. The van der Waals surface area contributed by atoms with Gasteiger partial charge in [0, 0.05) is 37.4 Å². The van der Waals surface area contributed by atoms with Gasteiger partial charge in [0.05, 0.1) is 18.0 Å². The number of halogens is 1. The predicted octanol–water partition coefficient (Wildman–Crippen LogP) is 2.58. The van der Waals surface area contributed by atoms with Gasteiger partial charge in [-0.2, -0.15) is 5.10 Å². The summed E-state index contributed by atoms with van der Waals surface area (Å²) in [6.45, 7) is 6.08. The van der Waals surface area contributed by atoms with E-state index in [0.29, 0.717) is 25.3 Å². The summed E-state index contributed by atoms with van der Waals surface area (Å²) in [5.41, 5.74) is 1.51. The zero-order chi connectivity index (χ0) is 16.2. The molecule has 0 aliphatic carbocycles. The number of aryl methyl sites for hydroxylation is 2. The van der Waals surface area contributed by atoms with Crippen LogP contribution in [0.15, 0.2) is 18.7 Å². The monoisotopic (exact) mass is 319 g/mol. The van der Waals surface area contributed by atoms with Crippen molar-refractivity contribution in [2.45, 2.75) is 39.3 Å². The summed E-state index contributed by atoms with van der Waals surface area (Å²) < 4.78 is 21.9. The summed E-state index contributed by atoms with van der Waals surface area (Å²) in [6.07, 6.45) is 6.75. The maximum atomic E-state index is 14.2. The number of rotatable bonds is 6. The zero-order valence-corrected chi connectivity index (χ0v) is 13.5. The molecule has 0 bridgehead atoms. The maximum absolute atomic E-state index is 14.2. The molecule has 7 heteroatoms. The maximum Gasteiger partial charge on any atom is 0.186 e. The van der Waals surface area contributed by atoms with Crippen LogP contribution in [-0.2, 0) is 17.7 Å². The molecule has 0 amide bonds. The third kappa shape index (κ3) is 3.34. The van der Waals surface area contributed by atoms with E-state index in [2.05, 4.69) is 27.3 Å². The average molecular weight is 319 g/mol. The minimum Gasteiger partial charge on any atom is -0.373 e. The molecule has 1 N–H and O–H groups in total.